The summed E-state index contributed by atoms with van der Waals surface area (Å²) in [6.07, 6.45) is -8.12. The molecule has 1 aliphatic rings. The summed E-state index contributed by atoms with van der Waals surface area (Å²) in [4.78, 5) is 272. The zero-order valence-electron chi connectivity index (χ0n) is 73.2. The first-order chi connectivity index (χ1) is 61.0. The van der Waals surface area contributed by atoms with Crippen molar-refractivity contribution in [1.29, 1.82) is 0 Å². The van der Waals surface area contributed by atoms with Gasteiger partial charge in [-0.05, 0) is 104 Å². The van der Waals surface area contributed by atoms with Crippen molar-refractivity contribution in [2.45, 2.75) is 241 Å². The number of Topliss-reactive ketones (excluding diaryl/α,β-unsaturated/α-hetero) is 1. The van der Waals surface area contributed by atoms with Crippen molar-refractivity contribution in [2.24, 2.45) is 34.3 Å². The van der Waals surface area contributed by atoms with Crippen LogP contribution >= 0.6 is 35.3 Å². The SMILES string of the molecule is CC(=O)[C@@H](C)NC(=O)[C@H](Cc1cccc2ccccc12)NC(=O)[C@H](CCC(=O)O)NC(=O)[C@H](CC(N)=O)NC(=O)[C@@H](C)NC(=O)[C@H](CSCc1cc2cc(c1)CSC[C@@H](C(N)=O)NC(=O)[C@H](C(C)(C)C)NC(=O)[C@H](CC(=O)O)NC(=O)[C@H](CC(C)[C@@H](C)O)NC(=O)[C@H](Cc1ccccc1)NC(=O)[C@H](CC(=O)O)NC(=O)[C@H](CCC(=O)O)NC(=O)[C@H](N)CSC2)NC(=O)[C@H](C)N. The number of aliphatic hydroxyl groups is 1. The van der Waals surface area contributed by atoms with E-state index in [-0.39, 0.29) is 47.4 Å². The third-order valence-electron chi connectivity index (χ3n) is 20.5. The summed E-state index contributed by atoms with van der Waals surface area (Å²) < 4.78 is 0. The Kier molecular flexibility index (Phi) is 43.6. The maximum atomic E-state index is 14.7. The smallest absolute Gasteiger partial charge is 0.305 e. The minimum Gasteiger partial charge on any atom is -0.481 e. The van der Waals surface area contributed by atoms with E-state index in [1.807, 2.05) is 12.1 Å². The van der Waals surface area contributed by atoms with E-state index in [1.165, 1.54) is 62.3 Å². The number of fused-ring (bicyclic) bond motifs is 3. The number of primary amides is 2. The second kappa shape index (κ2) is 52.4. The van der Waals surface area contributed by atoms with E-state index in [0.29, 0.717) is 33.2 Å². The van der Waals surface area contributed by atoms with E-state index in [2.05, 4.69) is 69.1 Å². The lowest BCUT2D eigenvalue weighted by molar-refractivity contribution is -0.142. The molecular weight excluding hydrogens is 1760 g/mol. The van der Waals surface area contributed by atoms with Gasteiger partial charge in [-0.15, -0.1) is 0 Å². The van der Waals surface area contributed by atoms with Gasteiger partial charge in [-0.1, -0.05) is 119 Å². The lowest BCUT2D eigenvalue weighted by Gasteiger charge is -2.33. The molecule has 0 radical (unpaired) electrons. The Morgan fingerprint density at radius 1 is 0.508 bits per heavy atom. The summed E-state index contributed by atoms with van der Waals surface area (Å²) in [7, 11) is 0. The fourth-order valence-corrected chi connectivity index (χ4v) is 15.8. The van der Waals surface area contributed by atoms with E-state index >= 15 is 0 Å². The number of nitrogens with one attached hydrogen (secondary N) is 13. The summed E-state index contributed by atoms with van der Waals surface area (Å²) in [6.45, 7) is 12.5. The molecule has 17 atom stereocenters. The van der Waals surface area contributed by atoms with Crippen LogP contribution in [0.15, 0.2) is 91.0 Å². The Hall–Kier alpha value is -12.3. The highest BCUT2D eigenvalue weighted by molar-refractivity contribution is 7.99. The number of carbonyl (C=O) groups excluding carboxylic acids is 16. The fraction of sp³-hybridized carbons (Fsp3) is 0.506. The third-order valence-corrected chi connectivity index (χ3v) is 23.8. The van der Waals surface area contributed by atoms with E-state index < -0.39 is 278 Å². The number of rotatable bonds is 37. The lowest BCUT2D eigenvalue weighted by Crippen LogP contribution is -2.62. The maximum Gasteiger partial charge on any atom is 0.305 e. The van der Waals surface area contributed by atoms with E-state index in [0.717, 1.165) is 40.7 Å². The minimum atomic E-state index is -2.08. The zero-order valence-corrected chi connectivity index (χ0v) is 75.7. The van der Waals surface area contributed by atoms with Crippen molar-refractivity contribution < 1.29 is 121 Å². The number of aliphatic carboxylic acids is 4. The van der Waals surface area contributed by atoms with Crippen LogP contribution in [0.2, 0.25) is 0 Å². The highest BCUT2D eigenvalue weighted by Crippen LogP contribution is 2.27. The Morgan fingerprint density at radius 2 is 1.00 bits per heavy atom. The first-order valence-electron chi connectivity index (χ1n) is 41.5. The fourth-order valence-electron chi connectivity index (χ4n) is 12.9. The summed E-state index contributed by atoms with van der Waals surface area (Å²) in [5.74, 6) is -24.5. The average Bonchev–Trinajstić information content (AvgIpc) is 0.826. The minimum absolute atomic E-state index is 0.0240. The number of thioether (sulfide) groups is 3. The Balaban J connectivity index is 1.48. The number of carboxylic acid groups (broad SMARTS) is 4. The molecule has 0 fully saturated rings. The normalized spacial score (nSPS) is 20.6. The molecule has 15 amide bonds. The molecule has 42 nitrogen and oxygen atoms in total. The predicted molar refractivity (Wildman–Crippen MR) is 478 cm³/mol. The summed E-state index contributed by atoms with van der Waals surface area (Å²) >= 11 is 3.23. The van der Waals surface area contributed by atoms with Gasteiger partial charge in [0.05, 0.1) is 43.5 Å². The van der Waals surface area contributed by atoms with Crippen LogP contribution in [-0.2, 0) is 126 Å². The molecule has 0 spiro atoms. The van der Waals surface area contributed by atoms with Crippen LogP contribution in [0.5, 0.6) is 0 Å². The molecule has 0 aliphatic carbocycles. The number of amides is 15. The van der Waals surface area contributed by atoms with Gasteiger partial charge in [0.25, 0.3) is 0 Å². The topological polar surface area (TPSA) is 703 Å². The van der Waals surface area contributed by atoms with Crippen LogP contribution in [0.25, 0.3) is 10.8 Å². The van der Waals surface area contributed by atoms with Gasteiger partial charge in [-0.2, -0.15) is 35.3 Å². The number of aliphatic hydroxyl groups excluding tert-OH is 1. The molecule has 0 saturated heterocycles. The summed E-state index contributed by atoms with van der Waals surface area (Å²) in [5, 5.41) is 83.5. The van der Waals surface area contributed by atoms with Gasteiger partial charge in [0, 0.05) is 60.2 Å². The van der Waals surface area contributed by atoms with Crippen LogP contribution in [0.4, 0.5) is 0 Å². The number of hydrogen-bond acceptors (Lipinski definition) is 26. The third kappa shape index (κ3) is 37.0. The molecule has 0 saturated carbocycles. The number of benzene rings is 4. The molecule has 1 aliphatic heterocycles. The van der Waals surface area contributed by atoms with E-state index in [4.69, 9.17) is 22.9 Å². The maximum absolute atomic E-state index is 14.7. The monoisotopic (exact) mass is 1870 g/mol. The van der Waals surface area contributed by atoms with Crippen LogP contribution in [-0.4, -0.2) is 258 Å². The Labute approximate surface area is 761 Å². The van der Waals surface area contributed by atoms with Gasteiger partial charge in [0.15, 0.2) is 5.78 Å². The molecule has 1 heterocycles. The Morgan fingerprint density at radius 3 is 1.57 bits per heavy atom. The average molecular weight is 1870 g/mol. The van der Waals surface area contributed by atoms with Crippen LogP contribution < -0.4 is 92.1 Å². The van der Waals surface area contributed by atoms with Crippen molar-refractivity contribution in [1.82, 2.24) is 69.1 Å². The van der Waals surface area contributed by atoms with Gasteiger partial charge in [-0.25, -0.2) is 0 Å². The van der Waals surface area contributed by atoms with Gasteiger partial charge < -0.3 is 118 Å². The van der Waals surface area contributed by atoms with Gasteiger partial charge >= 0.3 is 23.9 Å². The quantitative estimate of drug-likeness (QED) is 0.0216. The lowest BCUT2D eigenvalue weighted by atomic mass is 9.85. The summed E-state index contributed by atoms with van der Waals surface area (Å²) in [6, 6.07) is 0.973. The van der Waals surface area contributed by atoms with Crippen LogP contribution in [0.3, 0.4) is 0 Å². The highest BCUT2D eigenvalue weighted by Gasteiger charge is 2.41. The van der Waals surface area contributed by atoms with Gasteiger partial charge in [0.2, 0.25) is 88.6 Å². The van der Waals surface area contributed by atoms with Crippen LogP contribution in [0, 0.1) is 11.3 Å². The molecule has 130 heavy (non-hydrogen) atoms. The molecule has 710 valence electrons. The number of nitrogens with two attached hydrogens (primary N) is 4. The first kappa shape index (κ1) is 108. The van der Waals surface area contributed by atoms with Crippen molar-refractivity contribution >= 4 is 164 Å². The predicted octanol–water partition coefficient (Wildman–Crippen LogP) is -2.86. The number of carbonyl (C=O) groups is 20. The van der Waals surface area contributed by atoms with E-state index in [1.54, 1.807) is 78.9 Å². The first-order valence-corrected chi connectivity index (χ1v) is 44.9. The Bertz CT molecular complexity index is 4770. The molecule has 26 N–H and O–H groups in total. The molecule has 45 heteroatoms. The zero-order chi connectivity index (χ0) is 97.1. The van der Waals surface area contributed by atoms with Crippen molar-refractivity contribution in [3.8, 4) is 0 Å². The van der Waals surface area contributed by atoms with Crippen molar-refractivity contribution in [3.63, 3.8) is 0 Å². The molecule has 4 aromatic carbocycles. The molecule has 4 aromatic rings. The highest BCUT2D eigenvalue weighted by atomic mass is 32.2. The van der Waals surface area contributed by atoms with Crippen LogP contribution in [0.1, 0.15) is 141 Å². The van der Waals surface area contributed by atoms with E-state index in [9.17, 15) is 121 Å². The second-order valence-electron chi connectivity index (χ2n) is 32.7. The number of ketones is 1. The largest absolute Gasteiger partial charge is 0.481 e. The standard InChI is InChI=1S/C85H117N17O25S3/c1-41(45(5)103)26-57-78(121)99-62(34-69(112)113)82(125)102-70(85(7,8)9)84(127)100-63(71(89)114)39-129-36-49-27-48(35-128-38-54(87)74(117)92-55(22-24-66(106)107)75(118)98-61(33-68(110)111)81(124)96-58(79(122)95-57)30-47-16-11-10-12-17-47)28-50(29-49)37-130-40-64(101-72(115)42(2)86)83(126)91-44(4)73(116)94-60(32-65(88)105)80(123)93-56(23-25-67(108)109)76(119)97-59(77(120)90-43(3)46(6)104)31-52-20-15-19-51-18-13-14-21-53(51)52/h10-21,27-29,41-45,54-64,70,103H,22-26,30-40,86-87H2,1-9H3,(H2,88,105)(H2,89,114)(H,90,120)(H,91,126)(H,92,117)(H,93,123)(H,94,116)(H,95,122)(H,96,124)(H,97,119)(H,98,118)(H,99,121)(H,100,127)(H,101,115)(H,102,125)(H,106,107)(H,108,109)(H,110,111)(H,112,113)/t41?,42-,43+,44+,45+,54+,55-,56-,57-,58-,59-,60-,61-,62-,63-,64-,70+/m0/s1. The summed E-state index contributed by atoms with van der Waals surface area (Å²) in [5.41, 5.74) is 25.1. The molecule has 2 bridgehead atoms. The molecule has 5 rings (SSSR count). The van der Waals surface area contributed by atoms with Crippen molar-refractivity contribution in [2.75, 3.05) is 17.3 Å². The molecule has 1 unspecified atom stereocenters. The van der Waals surface area contributed by atoms with Gasteiger partial charge in [0.1, 0.15) is 72.5 Å². The number of hydrogen-bond donors (Lipinski definition) is 22. The van der Waals surface area contributed by atoms with Crippen molar-refractivity contribution in [3.05, 3.63) is 119 Å². The number of carboxylic acids is 4. The van der Waals surface area contributed by atoms with Gasteiger partial charge in [-0.3, -0.25) is 95.9 Å². The molecular formula is C85H117N17O25S3. The second-order valence-corrected chi connectivity index (χ2v) is 35.8. The molecule has 0 aromatic heterocycles.